The van der Waals surface area contributed by atoms with Gasteiger partial charge in [-0.1, -0.05) is 18.2 Å². The fourth-order valence-electron chi connectivity index (χ4n) is 3.98. The van der Waals surface area contributed by atoms with Crippen LogP contribution in [0.5, 0.6) is 11.5 Å². The van der Waals surface area contributed by atoms with Crippen LogP contribution in [-0.2, 0) is 14.8 Å². The SMILES string of the molecule is COc1ccc(OC)c(S(=O)(=O)NCC2CCN(C(=O)C(=O)c3cc4ccccc4o3)CC2)c1. The summed E-state index contributed by atoms with van der Waals surface area (Å²) in [6.45, 7) is 0.932. The third-order valence-electron chi connectivity index (χ3n) is 5.97. The molecule has 1 aliphatic rings. The average Bonchev–Trinajstić information content (AvgIpc) is 3.31. The number of Topliss-reactive ketones (excluding diaryl/α,β-unsaturated/α-hetero) is 1. The summed E-state index contributed by atoms with van der Waals surface area (Å²) in [6.07, 6.45) is 1.13. The van der Waals surface area contributed by atoms with Gasteiger partial charge in [-0.2, -0.15) is 0 Å². The Bertz CT molecular complexity index is 1270. The van der Waals surface area contributed by atoms with E-state index in [1.165, 1.54) is 31.3 Å². The molecule has 1 aromatic heterocycles. The van der Waals surface area contributed by atoms with Crippen molar-refractivity contribution in [2.45, 2.75) is 17.7 Å². The van der Waals surface area contributed by atoms with Gasteiger partial charge in [-0.25, -0.2) is 13.1 Å². The van der Waals surface area contributed by atoms with Gasteiger partial charge in [0.1, 0.15) is 22.0 Å². The zero-order valence-electron chi connectivity index (χ0n) is 18.9. The van der Waals surface area contributed by atoms with Crippen LogP contribution in [0, 0.1) is 5.92 Å². The molecule has 34 heavy (non-hydrogen) atoms. The highest BCUT2D eigenvalue weighted by molar-refractivity contribution is 7.89. The molecule has 10 heteroatoms. The molecule has 0 radical (unpaired) electrons. The molecule has 1 saturated heterocycles. The molecule has 0 bridgehead atoms. The lowest BCUT2D eigenvalue weighted by Crippen LogP contribution is -2.44. The molecule has 2 aromatic carbocycles. The van der Waals surface area contributed by atoms with Crippen LogP contribution >= 0.6 is 0 Å². The van der Waals surface area contributed by atoms with E-state index in [4.69, 9.17) is 13.9 Å². The molecule has 0 spiro atoms. The molecule has 0 aliphatic carbocycles. The number of amides is 1. The molecular formula is C24H26N2O7S. The van der Waals surface area contributed by atoms with Gasteiger partial charge in [0.15, 0.2) is 5.76 Å². The third-order valence-corrected chi connectivity index (χ3v) is 7.41. The number of hydrogen-bond acceptors (Lipinski definition) is 7. The van der Waals surface area contributed by atoms with Gasteiger partial charge in [-0.15, -0.1) is 0 Å². The van der Waals surface area contributed by atoms with Gasteiger partial charge in [0.2, 0.25) is 10.0 Å². The Morgan fingerprint density at radius 3 is 2.47 bits per heavy atom. The van der Waals surface area contributed by atoms with Gasteiger partial charge in [-0.05, 0) is 43.0 Å². The summed E-state index contributed by atoms with van der Waals surface area (Å²) >= 11 is 0. The molecule has 3 aromatic rings. The second-order valence-corrected chi connectivity index (χ2v) is 9.82. The Hall–Kier alpha value is -3.37. The van der Waals surface area contributed by atoms with E-state index in [-0.39, 0.29) is 28.9 Å². The van der Waals surface area contributed by atoms with Crippen LogP contribution in [0.1, 0.15) is 23.4 Å². The zero-order valence-corrected chi connectivity index (χ0v) is 19.8. The Balaban J connectivity index is 1.34. The number of nitrogens with zero attached hydrogens (tertiary/aromatic N) is 1. The largest absolute Gasteiger partial charge is 0.497 e. The third kappa shape index (κ3) is 4.92. The molecule has 180 valence electrons. The van der Waals surface area contributed by atoms with E-state index in [9.17, 15) is 18.0 Å². The van der Waals surface area contributed by atoms with Crippen molar-refractivity contribution in [3.8, 4) is 11.5 Å². The van der Waals surface area contributed by atoms with E-state index in [0.29, 0.717) is 37.3 Å². The van der Waals surface area contributed by atoms with E-state index >= 15 is 0 Å². The van der Waals surface area contributed by atoms with Gasteiger partial charge in [0.25, 0.3) is 11.7 Å². The molecule has 0 saturated carbocycles. The Kier molecular flexibility index (Phi) is 6.90. The molecular weight excluding hydrogens is 460 g/mol. The van der Waals surface area contributed by atoms with Crippen LogP contribution in [0.2, 0.25) is 0 Å². The number of ketones is 1. The lowest BCUT2D eigenvalue weighted by atomic mass is 9.97. The zero-order chi connectivity index (χ0) is 24.3. The number of fused-ring (bicyclic) bond motifs is 1. The molecule has 0 unspecified atom stereocenters. The second kappa shape index (κ2) is 9.86. The van der Waals surface area contributed by atoms with Crippen LogP contribution in [0.3, 0.4) is 0 Å². The first-order valence-corrected chi connectivity index (χ1v) is 12.3. The maximum absolute atomic E-state index is 12.8. The number of benzene rings is 2. The number of para-hydroxylation sites is 1. The number of hydrogen-bond donors (Lipinski definition) is 1. The van der Waals surface area contributed by atoms with Crippen LogP contribution in [0.25, 0.3) is 11.0 Å². The van der Waals surface area contributed by atoms with Crippen molar-refractivity contribution in [1.82, 2.24) is 9.62 Å². The summed E-state index contributed by atoms with van der Waals surface area (Å²) in [5, 5.41) is 0.761. The number of ether oxygens (including phenoxy) is 2. The van der Waals surface area contributed by atoms with Crippen molar-refractivity contribution in [3.05, 3.63) is 54.3 Å². The summed E-state index contributed by atoms with van der Waals surface area (Å²) in [6, 6.07) is 13.3. The number of methoxy groups -OCH3 is 2. The number of sulfonamides is 1. The topological polar surface area (TPSA) is 115 Å². The number of carbonyl (C=O) groups excluding carboxylic acids is 2. The summed E-state index contributed by atoms with van der Waals surface area (Å²) < 4.78 is 44.2. The number of piperidine rings is 1. The van der Waals surface area contributed by atoms with E-state index in [2.05, 4.69) is 4.72 Å². The van der Waals surface area contributed by atoms with Crippen molar-refractivity contribution in [3.63, 3.8) is 0 Å². The summed E-state index contributed by atoms with van der Waals surface area (Å²) in [4.78, 5) is 26.8. The normalized spacial score (nSPS) is 14.8. The molecule has 2 heterocycles. The number of rotatable bonds is 8. The van der Waals surface area contributed by atoms with Gasteiger partial charge in [-0.3, -0.25) is 9.59 Å². The Labute approximate surface area is 197 Å². The highest BCUT2D eigenvalue weighted by Crippen LogP contribution is 2.28. The molecule has 1 fully saturated rings. The van der Waals surface area contributed by atoms with E-state index in [0.717, 1.165) is 5.39 Å². The lowest BCUT2D eigenvalue weighted by Gasteiger charge is -2.31. The van der Waals surface area contributed by atoms with Gasteiger partial charge in [0, 0.05) is 31.1 Å². The van der Waals surface area contributed by atoms with Gasteiger partial charge in [0.05, 0.1) is 14.2 Å². The predicted molar refractivity (Wildman–Crippen MR) is 125 cm³/mol. The monoisotopic (exact) mass is 486 g/mol. The molecule has 0 atom stereocenters. The number of carbonyl (C=O) groups is 2. The molecule has 1 aliphatic heterocycles. The summed E-state index contributed by atoms with van der Waals surface area (Å²) in [5.41, 5.74) is 0.553. The van der Waals surface area contributed by atoms with Crippen molar-refractivity contribution >= 4 is 32.7 Å². The summed E-state index contributed by atoms with van der Waals surface area (Å²) in [5.74, 6) is -0.621. The van der Waals surface area contributed by atoms with E-state index < -0.39 is 21.7 Å². The highest BCUT2D eigenvalue weighted by Gasteiger charge is 2.30. The Morgan fingerprint density at radius 2 is 1.79 bits per heavy atom. The quantitative estimate of drug-likeness (QED) is 0.385. The minimum atomic E-state index is -3.83. The summed E-state index contributed by atoms with van der Waals surface area (Å²) in [7, 11) is -0.968. The minimum absolute atomic E-state index is 0.00149. The highest BCUT2D eigenvalue weighted by atomic mass is 32.2. The minimum Gasteiger partial charge on any atom is -0.497 e. The smallest absolute Gasteiger partial charge is 0.298 e. The predicted octanol–water partition coefficient (Wildman–Crippen LogP) is 2.85. The lowest BCUT2D eigenvalue weighted by molar-refractivity contribution is -0.127. The van der Waals surface area contributed by atoms with E-state index in [1.54, 1.807) is 24.3 Å². The molecule has 1 N–H and O–H groups in total. The standard InChI is InChI=1S/C24H26N2O7S/c1-31-18-7-8-20(32-2)22(14-18)34(29,30)25-15-16-9-11-26(12-10-16)24(28)23(27)21-13-17-5-3-4-6-19(17)33-21/h3-8,13-14,16,25H,9-12,15H2,1-2H3. The molecule has 1 amide bonds. The first kappa shape index (κ1) is 23.8. The van der Waals surface area contributed by atoms with Crippen LogP contribution in [0.4, 0.5) is 0 Å². The first-order chi connectivity index (χ1) is 16.3. The second-order valence-electron chi connectivity index (χ2n) is 8.08. The van der Waals surface area contributed by atoms with Gasteiger partial charge >= 0.3 is 0 Å². The van der Waals surface area contributed by atoms with Crippen LogP contribution in [-0.4, -0.2) is 58.9 Å². The fraction of sp³-hybridized carbons (Fsp3) is 0.333. The van der Waals surface area contributed by atoms with E-state index in [1.807, 2.05) is 12.1 Å². The number of nitrogens with one attached hydrogen (secondary N) is 1. The maximum Gasteiger partial charge on any atom is 0.298 e. The first-order valence-electron chi connectivity index (χ1n) is 10.9. The fourth-order valence-corrected chi connectivity index (χ4v) is 5.28. The van der Waals surface area contributed by atoms with Gasteiger partial charge < -0.3 is 18.8 Å². The maximum atomic E-state index is 12.8. The number of furan rings is 1. The molecule has 4 rings (SSSR count). The average molecular weight is 487 g/mol. The number of likely N-dealkylation sites (tertiary alicyclic amines) is 1. The van der Waals surface area contributed by atoms with Crippen molar-refractivity contribution in [1.29, 1.82) is 0 Å². The molecule has 9 nitrogen and oxygen atoms in total. The van der Waals surface area contributed by atoms with Crippen molar-refractivity contribution < 1.29 is 31.9 Å². The Morgan fingerprint density at radius 1 is 1.06 bits per heavy atom. The van der Waals surface area contributed by atoms with Crippen LogP contribution < -0.4 is 14.2 Å². The van der Waals surface area contributed by atoms with Crippen LogP contribution in [0.15, 0.2) is 57.8 Å². The van der Waals surface area contributed by atoms with Crippen molar-refractivity contribution in [2.75, 3.05) is 33.9 Å². The van der Waals surface area contributed by atoms with Crippen molar-refractivity contribution in [2.24, 2.45) is 5.92 Å².